The van der Waals surface area contributed by atoms with Gasteiger partial charge in [0.2, 0.25) is 0 Å². The Hall–Kier alpha value is -1.75. The molecule has 1 amide bonds. The molecule has 5 nitrogen and oxygen atoms in total. The van der Waals surface area contributed by atoms with Gasteiger partial charge < -0.3 is 16.3 Å². The fourth-order valence-corrected chi connectivity index (χ4v) is 1.89. The monoisotopic (exact) mass is 283 g/mol. The van der Waals surface area contributed by atoms with E-state index in [9.17, 15) is 4.79 Å². The van der Waals surface area contributed by atoms with Crippen LogP contribution in [0.5, 0.6) is 0 Å². The number of nitrogens with two attached hydrogens (primary N) is 1. The van der Waals surface area contributed by atoms with Crippen LogP contribution < -0.4 is 11.1 Å². The summed E-state index contributed by atoms with van der Waals surface area (Å²) in [4.78, 5) is 12.2. The van der Waals surface area contributed by atoms with Gasteiger partial charge in [0.1, 0.15) is 0 Å². The average molecular weight is 284 g/mol. The standard InChI is InChI=1S/C13H18ClN3O2/c1-7(2)11(12(15)17-19)16-13(18)9-5-4-6-10(14)8(9)3/h4-7,11,19H,1-3H3,(H2,15,17)(H,16,18). The van der Waals surface area contributed by atoms with Gasteiger partial charge in [0.05, 0.1) is 6.04 Å². The summed E-state index contributed by atoms with van der Waals surface area (Å²) in [6.45, 7) is 5.51. The number of carbonyl (C=O) groups excluding carboxylic acids is 1. The Labute approximate surface area is 117 Å². The maximum atomic E-state index is 12.2. The van der Waals surface area contributed by atoms with Crippen LogP contribution in [0.25, 0.3) is 0 Å². The number of oxime groups is 1. The van der Waals surface area contributed by atoms with Crippen LogP contribution in [-0.4, -0.2) is 23.0 Å². The van der Waals surface area contributed by atoms with Crippen molar-refractivity contribution in [3.63, 3.8) is 0 Å². The van der Waals surface area contributed by atoms with E-state index in [2.05, 4.69) is 10.5 Å². The first-order valence-electron chi connectivity index (χ1n) is 5.91. The molecule has 0 aliphatic rings. The number of nitrogens with zero attached hydrogens (tertiary/aromatic N) is 1. The van der Waals surface area contributed by atoms with Crippen molar-refractivity contribution in [2.24, 2.45) is 16.8 Å². The van der Waals surface area contributed by atoms with Gasteiger partial charge in [0.25, 0.3) is 5.91 Å². The van der Waals surface area contributed by atoms with E-state index < -0.39 is 6.04 Å². The Balaban J connectivity index is 2.98. The van der Waals surface area contributed by atoms with Crippen molar-refractivity contribution in [1.82, 2.24) is 5.32 Å². The lowest BCUT2D eigenvalue weighted by Gasteiger charge is -2.21. The summed E-state index contributed by atoms with van der Waals surface area (Å²) in [5.74, 6) is -0.326. The van der Waals surface area contributed by atoms with Crippen molar-refractivity contribution >= 4 is 23.3 Å². The first-order chi connectivity index (χ1) is 8.88. The predicted octanol–water partition coefficient (Wildman–Crippen LogP) is 2.15. The zero-order chi connectivity index (χ0) is 14.6. The van der Waals surface area contributed by atoms with E-state index in [1.54, 1.807) is 25.1 Å². The second kappa shape index (κ2) is 6.43. The highest BCUT2D eigenvalue weighted by Crippen LogP contribution is 2.19. The number of halogens is 1. The molecule has 1 aromatic rings. The van der Waals surface area contributed by atoms with Gasteiger partial charge in [-0.1, -0.05) is 36.7 Å². The zero-order valence-corrected chi connectivity index (χ0v) is 11.9. The van der Waals surface area contributed by atoms with Gasteiger partial charge in [-0.05, 0) is 30.5 Å². The van der Waals surface area contributed by atoms with E-state index in [1.807, 2.05) is 13.8 Å². The summed E-state index contributed by atoms with van der Waals surface area (Å²) in [6, 6.07) is 4.58. The number of hydrogen-bond acceptors (Lipinski definition) is 3. The van der Waals surface area contributed by atoms with Gasteiger partial charge in [-0.25, -0.2) is 0 Å². The van der Waals surface area contributed by atoms with Crippen molar-refractivity contribution in [2.45, 2.75) is 26.8 Å². The van der Waals surface area contributed by atoms with Crippen LogP contribution in [0.2, 0.25) is 5.02 Å². The van der Waals surface area contributed by atoms with Crippen LogP contribution in [-0.2, 0) is 0 Å². The fraction of sp³-hybridized carbons (Fsp3) is 0.385. The van der Waals surface area contributed by atoms with Crippen molar-refractivity contribution in [2.75, 3.05) is 0 Å². The SMILES string of the molecule is Cc1c(Cl)cccc1C(=O)NC(/C(N)=N/O)C(C)C. The molecule has 0 aliphatic carbocycles. The zero-order valence-electron chi connectivity index (χ0n) is 11.1. The predicted molar refractivity (Wildman–Crippen MR) is 75.7 cm³/mol. The third kappa shape index (κ3) is 3.61. The molecule has 104 valence electrons. The number of rotatable bonds is 4. The minimum absolute atomic E-state index is 0.000611. The number of amidine groups is 1. The molecule has 0 aromatic heterocycles. The third-order valence-electron chi connectivity index (χ3n) is 2.90. The maximum Gasteiger partial charge on any atom is 0.252 e. The number of nitrogens with one attached hydrogen (secondary N) is 1. The van der Waals surface area contributed by atoms with Crippen LogP contribution >= 0.6 is 11.6 Å². The minimum atomic E-state index is -0.532. The van der Waals surface area contributed by atoms with Gasteiger partial charge in [-0.15, -0.1) is 0 Å². The molecule has 1 atom stereocenters. The topological polar surface area (TPSA) is 87.7 Å². The fourth-order valence-electron chi connectivity index (χ4n) is 1.72. The van der Waals surface area contributed by atoms with Gasteiger partial charge in [0.15, 0.2) is 5.84 Å². The van der Waals surface area contributed by atoms with Gasteiger partial charge in [-0.3, -0.25) is 4.79 Å². The number of amides is 1. The molecule has 0 radical (unpaired) electrons. The smallest absolute Gasteiger partial charge is 0.252 e. The van der Waals surface area contributed by atoms with Crippen LogP contribution in [0.3, 0.4) is 0 Å². The summed E-state index contributed by atoms with van der Waals surface area (Å²) in [7, 11) is 0. The Kier molecular flexibility index (Phi) is 5.18. The molecule has 1 unspecified atom stereocenters. The van der Waals surface area contributed by atoms with Gasteiger partial charge in [-0.2, -0.15) is 0 Å². The van der Waals surface area contributed by atoms with E-state index in [-0.39, 0.29) is 17.7 Å². The molecule has 0 saturated carbocycles. The highest BCUT2D eigenvalue weighted by molar-refractivity contribution is 6.31. The summed E-state index contributed by atoms with van der Waals surface area (Å²) >= 11 is 5.98. The lowest BCUT2D eigenvalue weighted by atomic mass is 10.0. The molecule has 19 heavy (non-hydrogen) atoms. The number of carbonyl (C=O) groups is 1. The number of benzene rings is 1. The Morgan fingerprint density at radius 1 is 1.47 bits per heavy atom. The molecule has 6 heteroatoms. The van der Waals surface area contributed by atoms with Crippen LogP contribution in [0.15, 0.2) is 23.4 Å². The quantitative estimate of drug-likeness (QED) is 0.342. The van der Waals surface area contributed by atoms with E-state index in [0.717, 1.165) is 0 Å². The lowest BCUT2D eigenvalue weighted by molar-refractivity contribution is 0.0938. The number of hydrogen-bond donors (Lipinski definition) is 3. The van der Waals surface area contributed by atoms with Gasteiger partial charge >= 0.3 is 0 Å². The molecule has 0 spiro atoms. The molecule has 0 aliphatic heterocycles. The maximum absolute atomic E-state index is 12.2. The van der Waals surface area contributed by atoms with E-state index in [4.69, 9.17) is 22.5 Å². The molecule has 0 bridgehead atoms. The molecule has 0 heterocycles. The van der Waals surface area contributed by atoms with Crippen LogP contribution in [0.4, 0.5) is 0 Å². The first kappa shape index (κ1) is 15.3. The average Bonchev–Trinajstić information content (AvgIpc) is 2.37. The van der Waals surface area contributed by atoms with E-state index >= 15 is 0 Å². The minimum Gasteiger partial charge on any atom is -0.409 e. The summed E-state index contributed by atoms with van der Waals surface area (Å²) in [6.07, 6.45) is 0. The highest BCUT2D eigenvalue weighted by atomic mass is 35.5. The van der Waals surface area contributed by atoms with Crippen molar-refractivity contribution in [3.8, 4) is 0 Å². The second-order valence-corrected chi connectivity index (χ2v) is 5.04. The summed E-state index contributed by atoms with van der Waals surface area (Å²) in [5.41, 5.74) is 6.75. The largest absolute Gasteiger partial charge is 0.409 e. The summed E-state index contributed by atoms with van der Waals surface area (Å²) < 4.78 is 0. The first-order valence-corrected chi connectivity index (χ1v) is 6.29. The molecule has 1 aromatic carbocycles. The third-order valence-corrected chi connectivity index (χ3v) is 3.31. The van der Waals surface area contributed by atoms with E-state index in [0.29, 0.717) is 16.1 Å². The molecular formula is C13H18ClN3O2. The Morgan fingerprint density at radius 3 is 2.63 bits per heavy atom. The molecule has 0 saturated heterocycles. The van der Waals surface area contributed by atoms with Crippen molar-refractivity contribution in [3.05, 3.63) is 34.3 Å². The Bertz CT molecular complexity index is 501. The van der Waals surface area contributed by atoms with Gasteiger partial charge in [0, 0.05) is 10.6 Å². The molecular weight excluding hydrogens is 266 g/mol. The van der Waals surface area contributed by atoms with Crippen molar-refractivity contribution < 1.29 is 10.0 Å². The highest BCUT2D eigenvalue weighted by Gasteiger charge is 2.22. The molecule has 4 N–H and O–H groups in total. The normalized spacial score (nSPS) is 13.4. The Morgan fingerprint density at radius 2 is 2.11 bits per heavy atom. The molecule has 1 rings (SSSR count). The van der Waals surface area contributed by atoms with Crippen LogP contribution in [0.1, 0.15) is 29.8 Å². The van der Waals surface area contributed by atoms with Crippen molar-refractivity contribution in [1.29, 1.82) is 0 Å². The summed E-state index contributed by atoms with van der Waals surface area (Å²) in [5, 5.41) is 14.9. The van der Waals surface area contributed by atoms with E-state index in [1.165, 1.54) is 0 Å². The molecule has 0 fully saturated rings. The van der Waals surface area contributed by atoms with Crippen LogP contribution in [0, 0.1) is 12.8 Å². The second-order valence-electron chi connectivity index (χ2n) is 4.63. The lowest BCUT2D eigenvalue weighted by Crippen LogP contribution is -2.48.